The van der Waals surface area contributed by atoms with Crippen molar-refractivity contribution in [2.45, 2.75) is 57.2 Å². The van der Waals surface area contributed by atoms with Crippen LogP contribution in [0.25, 0.3) is 0 Å². The molecule has 2 rings (SSSR count). The van der Waals surface area contributed by atoms with E-state index in [9.17, 15) is 5.11 Å². The van der Waals surface area contributed by atoms with Crippen LogP contribution in [0.4, 0.5) is 0 Å². The van der Waals surface area contributed by atoms with Gasteiger partial charge in [0.2, 0.25) is 0 Å². The molecule has 2 nitrogen and oxygen atoms in total. The zero-order chi connectivity index (χ0) is 12.3. The molecule has 2 atom stereocenters. The van der Waals surface area contributed by atoms with E-state index in [2.05, 4.69) is 19.2 Å². The van der Waals surface area contributed by atoms with Crippen molar-refractivity contribution in [1.29, 1.82) is 0 Å². The van der Waals surface area contributed by atoms with Crippen LogP contribution in [-0.2, 0) is 5.60 Å². The first kappa shape index (κ1) is 12.6. The molecule has 1 fully saturated rings. The fourth-order valence-corrected chi connectivity index (χ4v) is 2.85. The highest BCUT2D eigenvalue weighted by Gasteiger charge is 2.40. The lowest BCUT2D eigenvalue weighted by Crippen LogP contribution is -2.52. The number of hydrogen-bond acceptors (Lipinski definition) is 2. The van der Waals surface area contributed by atoms with Crippen LogP contribution < -0.4 is 5.32 Å². The molecule has 2 N–H and O–H groups in total. The molecule has 1 aromatic carbocycles. The Bertz CT molecular complexity index is 349. The van der Waals surface area contributed by atoms with Crippen LogP contribution >= 0.6 is 0 Å². The Morgan fingerprint density at radius 3 is 2.59 bits per heavy atom. The molecule has 0 radical (unpaired) electrons. The van der Waals surface area contributed by atoms with Crippen LogP contribution in [0.5, 0.6) is 0 Å². The predicted octanol–water partition coefficient (Wildman–Crippen LogP) is 2.81. The van der Waals surface area contributed by atoms with E-state index in [1.807, 2.05) is 30.3 Å². The zero-order valence-electron chi connectivity index (χ0n) is 10.8. The van der Waals surface area contributed by atoms with Crippen LogP contribution in [0.1, 0.15) is 45.1 Å². The Hall–Kier alpha value is -0.860. The maximum atomic E-state index is 11.0. The first-order valence-electron chi connectivity index (χ1n) is 6.67. The second-order valence-corrected chi connectivity index (χ2v) is 5.41. The molecular formula is C15H23NO. The average molecular weight is 233 g/mol. The quantitative estimate of drug-likeness (QED) is 0.841. The Labute approximate surface area is 104 Å². The molecule has 0 saturated heterocycles. The van der Waals surface area contributed by atoms with E-state index >= 15 is 0 Å². The second kappa shape index (κ2) is 5.19. The van der Waals surface area contributed by atoms with Gasteiger partial charge < -0.3 is 10.4 Å². The van der Waals surface area contributed by atoms with E-state index in [1.165, 1.54) is 6.42 Å². The van der Waals surface area contributed by atoms with Gasteiger partial charge in [-0.05, 0) is 18.4 Å². The maximum absolute atomic E-state index is 11.0. The fourth-order valence-electron chi connectivity index (χ4n) is 2.85. The molecule has 94 valence electrons. The summed E-state index contributed by atoms with van der Waals surface area (Å²) < 4.78 is 0. The van der Waals surface area contributed by atoms with Gasteiger partial charge in [0.05, 0.1) is 0 Å². The standard InChI is InChI=1S/C15H23NO/c1-12(2)16-14-10-6-7-11-15(14,17)13-8-4-3-5-9-13/h3-5,8-9,12,14,16-17H,6-7,10-11H2,1-2H3. The minimum absolute atomic E-state index is 0.179. The Kier molecular flexibility index (Phi) is 3.85. The SMILES string of the molecule is CC(C)NC1CCCCC1(O)c1ccccc1. The van der Waals surface area contributed by atoms with E-state index in [0.29, 0.717) is 6.04 Å². The fraction of sp³-hybridized carbons (Fsp3) is 0.600. The van der Waals surface area contributed by atoms with Crippen LogP contribution in [0, 0.1) is 0 Å². The Morgan fingerprint density at radius 1 is 1.24 bits per heavy atom. The summed E-state index contributed by atoms with van der Waals surface area (Å²) in [7, 11) is 0. The van der Waals surface area contributed by atoms with Gasteiger partial charge in [0, 0.05) is 12.1 Å². The largest absolute Gasteiger partial charge is 0.384 e. The lowest BCUT2D eigenvalue weighted by atomic mass is 9.75. The highest BCUT2D eigenvalue weighted by Crippen LogP contribution is 2.37. The molecule has 2 unspecified atom stereocenters. The predicted molar refractivity (Wildman–Crippen MR) is 70.9 cm³/mol. The van der Waals surface area contributed by atoms with Gasteiger partial charge >= 0.3 is 0 Å². The van der Waals surface area contributed by atoms with Gasteiger partial charge in [0.1, 0.15) is 5.60 Å². The molecular weight excluding hydrogens is 210 g/mol. The number of rotatable bonds is 3. The summed E-state index contributed by atoms with van der Waals surface area (Å²) in [4.78, 5) is 0. The molecule has 1 saturated carbocycles. The van der Waals surface area contributed by atoms with Crippen LogP contribution in [0.2, 0.25) is 0 Å². The minimum Gasteiger partial charge on any atom is -0.384 e. The van der Waals surface area contributed by atoms with Gasteiger partial charge in [0.25, 0.3) is 0 Å². The summed E-state index contributed by atoms with van der Waals surface area (Å²) in [5.41, 5.74) is 0.363. The first-order chi connectivity index (χ1) is 8.13. The van der Waals surface area contributed by atoms with Gasteiger partial charge in [-0.2, -0.15) is 0 Å². The van der Waals surface area contributed by atoms with E-state index in [-0.39, 0.29) is 6.04 Å². The number of hydrogen-bond donors (Lipinski definition) is 2. The highest BCUT2D eigenvalue weighted by atomic mass is 16.3. The van der Waals surface area contributed by atoms with Gasteiger partial charge in [-0.1, -0.05) is 57.0 Å². The molecule has 0 spiro atoms. The summed E-state index contributed by atoms with van der Waals surface area (Å²) in [6.45, 7) is 4.28. The van der Waals surface area contributed by atoms with Gasteiger partial charge in [0.15, 0.2) is 0 Å². The van der Waals surface area contributed by atoms with Gasteiger partial charge in [-0.15, -0.1) is 0 Å². The second-order valence-electron chi connectivity index (χ2n) is 5.41. The highest BCUT2D eigenvalue weighted by molar-refractivity contribution is 5.25. The smallest absolute Gasteiger partial charge is 0.105 e. The van der Waals surface area contributed by atoms with Crippen LogP contribution in [-0.4, -0.2) is 17.2 Å². The normalized spacial score (nSPS) is 29.5. The Balaban J connectivity index is 2.25. The monoisotopic (exact) mass is 233 g/mol. The summed E-state index contributed by atoms with van der Waals surface area (Å²) in [5, 5.41) is 14.5. The summed E-state index contributed by atoms with van der Waals surface area (Å²) in [5.74, 6) is 0. The summed E-state index contributed by atoms with van der Waals surface area (Å²) in [6.07, 6.45) is 4.24. The Morgan fingerprint density at radius 2 is 1.94 bits per heavy atom. The zero-order valence-corrected chi connectivity index (χ0v) is 10.8. The molecule has 17 heavy (non-hydrogen) atoms. The van der Waals surface area contributed by atoms with Crippen LogP contribution in [0.15, 0.2) is 30.3 Å². The van der Waals surface area contributed by atoms with Crippen molar-refractivity contribution in [1.82, 2.24) is 5.32 Å². The molecule has 0 aliphatic heterocycles. The molecule has 1 aliphatic carbocycles. The van der Waals surface area contributed by atoms with E-state index in [4.69, 9.17) is 0 Å². The lowest BCUT2D eigenvalue weighted by Gasteiger charge is -2.42. The lowest BCUT2D eigenvalue weighted by molar-refractivity contribution is -0.0348. The van der Waals surface area contributed by atoms with Crippen molar-refractivity contribution in [2.75, 3.05) is 0 Å². The number of benzene rings is 1. The molecule has 0 amide bonds. The van der Waals surface area contributed by atoms with E-state index < -0.39 is 5.60 Å². The maximum Gasteiger partial charge on any atom is 0.105 e. The first-order valence-corrected chi connectivity index (χ1v) is 6.67. The average Bonchev–Trinajstić information content (AvgIpc) is 2.33. The molecule has 1 aliphatic rings. The summed E-state index contributed by atoms with van der Waals surface area (Å²) in [6, 6.07) is 10.7. The van der Waals surface area contributed by atoms with E-state index in [0.717, 1.165) is 24.8 Å². The van der Waals surface area contributed by atoms with Crippen molar-refractivity contribution >= 4 is 0 Å². The molecule has 0 bridgehead atoms. The van der Waals surface area contributed by atoms with Crippen molar-refractivity contribution in [3.63, 3.8) is 0 Å². The van der Waals surface area contributed by atoms with Crippen LogP contribution in [0.3, 0.4) is 0 Å². The number of aliphatic hydroxyl groups is 1. The van der Waals surface area contributed by atoms with Crippen molar-refractivity contribution in [2.24, 2.45) is 0 Å². The van der Waals surface area contributed by atoms with Gasteiger partial charge in [-0.25, -0.2) is 0 Å². The molecule has 1 aromatic rings. The van der Waals surface area contributed by atoms with Crippen molar-refractivity contribution in [3.8, 4) is 0 Å². The topological polar surface area (TPSA) is 32.3 Å². The third-order valence-corrected chi connectivity index (χ3v) is 3.69. The van der Waals surface area contributed by atoms with E-state index in [1.54, 1.807) is 0 Å². The van der Waals surface area contributed by atoms with Crippen molar-refractivity contribution < 1.29 is 5.11 Å². The molecule has 0 heterocycles. The third-order valence-electron chi connectivity index (χ3n) is 3.69. The minimum atomic E-state index is -0.691. The van der Waals surface area contributed by atoms with Gasteiger partial charge in [-0.3, -0.25) is 0 Å². The third kappa shape index (κ3) is 2.70. The summed E-state index contributed by atoms with van der Waals surface area (Å²) >= 11 is 0. The van der Waals surface area contributed by atoms with Crippen molar-refractivity contribution in [3.05, 3.63) is 35.9 Å². The number of nitrogens with one attached hydrogen (secondary N) is 1. The molecule has 0 aromatic heterocycles. The molecule has 2 heteroatoms.